The summed E-state index contributed by atoms with van der Waals surface area (Å²) in [6.07, 6.45) is 0.885. The molecule has 0 aliphatic carbocycles. The number of alkyl halides is 3. The zero-order valence-corrected chi connectivity index (χ0v) is 20.6. The van der Waals surface area contributed by atoms with E-state index < -0.39 is 34.6 Å². The van der Waals surface area contributed by atoms with E-state index in [0.717, 1.165) is 26.8 Å². The van der Waals surface area contributed by atoms with Crippen LogP contribution in [0.15, 0.2) is 124 Å². The quantitative estimate of drug-likeness (QED) is 0.145. The van der Waals surface area contributed by atoms with Crippen LogP contribution in [0.25, 0.3) is 0 Å². The number of benzene rings is 4. The molecule has 0 saturated heterocycles. The van der Waals surface area contributed by atoms with Gasteiger partial charge in [-0.15, -0.1) is 19.6 Å². The van der Waals surface area contributed by atoms with Gasteiger partial charge in [0.1, 0.15) is 5.75 Å². The number of rotatable bonds is 7. The first-order valence-electron chi connectivity index (χ1n) is 11.2. The van der Waals surface area contributed by atoms with Crippen molar-refractivity contribution in [2.24, 2.45) is 0 Å². The van der Waals surface area contributed by atoms with E-state index in [2.05, 4.69) is 10.7 Å². The van der Waals surface area contributed by atoms with Crippen molar-refractivity contribution in [1.29, 1.82) is 0 Å². The van der Waals surface area contributed by atoms with Crippen molar-refractivity contribution in [3.8, 4) is 18.1 Å². The first kappa shape index (κ1) is 25.9. The molecule has 1 atom stereocenters. The SMILES string of the molecule is C#CC(C)(OC(=O)c1cccc([S+](c2ccccc2)c2ccccc2)c1)c1ccc(OC(F)(F)F)cc1. The van der Waals surface area contributed by atoms with Crippen LogP contribution in [0, 0.1) is 12.3 Å². The highest BCUT2D eigenvalue weighted by molar-refractivity contribution is 7.97. The molecule has 0 saturated carbocycles. The molecule has 1 unspecified atom stereocenters. The minimum absolute atomic E-state index is 0.306. The summed E-state index contributed by atoms with van der Waals surface area (Å²) in [6.45, 7) is 1.51. The molecule has 0 amide bonds. The van der Waals surface area contributed by atoms with Crippen molar-refractivity contribution < 1.29 is 27.4 Å². The van der Waals surface area contributed by atoms with Crippen molar-refractivity contribution in [3.63, 3.8) is 0 Å². The maximum absolute atomic E-state index is 13.2. The summed E-state index contributed by atoms with van der Waals surface area (Å²) in [7, 11) is -0.467. The van der Waals surface area contributed by atoms with E-state index in [0.29, 0.717) is 11.1 Å². The first-order chi connectivity index (χ1) is 17.7. The Hall–Kier alpha value is -4.15. The largest absolute Gasteiger partial charge is 0.573 e. The molecule has 3 nitrogen and oxygen atoms in total. The Labute approximate surface area is 216 Å². The number of esters is 1. The molecule has 0 N–H and O–H groups in total. The van der Waals surface area contributed by atoms with Gasteiger partial charge in [0.15, 0.2) is 20.3 Å². The minimum Gasteiger partial charge on any atom is -0.438 e. The van der Waals surface area contributed by atoms with E-state index in [1.54, 1.807) is 18.2 Å². The fourth-order valence-electron chi connectivity index (χ4n) is 3.66. The topological polar surface area (TPSA) is 35.5 Å². The zero-order chi connectivity index (χ0) is 26.5. The molecule has 4 rings (SSSR count). The number of carbonyl (C=O) groups excluding carboxylic acids is 1. The Kier molecular flexibility index (Phi) is 7.61. The minimum atomic E-state index is -4.81. The summed E-state index contributed by atoms with van der Waals surface area (Å²) in [5.74, 6) is 1.40. The van der Waals surface area contributed by atoms with Gasteiger partial charge in [-0.3, -0.25) is 0 Å². The summed E-state index contributed by atoms with van der Waals surface area (Å²) in [6, 6.07) is 32.1. The second-order valence-electron chi connectivity index (χ2n) is 8.10. The van der Waals surface area contributed by atoms with E-state index in [9.17, 15) is 18.0 Å². The molecule has 0 fully saturated rings. The molecule has 0 aliphatic rings. The van der Waals surface area contributed by atoms with Gasteiger partial charge >= 0.3 is 12.3 Å². The maximum atomic E-state index is 13.2. The molecule has 37 heavy (non-hydrogen) atoms. The van der Waals surface area contributed by atoms with Crippen LogP contribution in [0.5, 0.6) is 5.75 Å². The number of ether oxygens (including phenoxy) is 2. The number of carbonyl (C=O) groups is 1. The predicted molar refractivity (Wildman–Crippen MR) is 136 cm³/mol. The van der Waals surface area contributed by atoms with E-state index in [4.69, 9.17) is 11.2 Å². The third kappa shape index (κ3) is 6.35. The Balaban J connectivity index is 1.62. The molecular weight excluding hydrogens is 497 g/mol. The van der Waals surface area contributed by atoms with Crippen LogP contribution in [0.4, 0.5) is 13.2 Å². The van der Waals surface area contributed by atoms with Crippen LogP contribution >= 0.6 is 0 Å². The lowest BCUT2D eigenvalue weighted by Gasteiger charge is -2.25. The Morgan fingerprint density at radius 3 is 1.84 bits per heavy atom. The van der Waals surface area contributed by atoms with Gasteiger partial charge in [0.05, 0.1) is 16.5 Å². The third-order valence-electron chi connectivity index (χ3n) is 5.47. The molecule has 0 radical (unpaired) electrons. The van der Waals surface area contributed by atoms with Crippen LogP contribution in [0.2, 0.25) is 0 Å². The molecule has 0 aromatic heterocycles. The van der Waals surface area contributed by atoms with Gasteiger partial charge < -0.3 is 9.47 Å². The predicted octanol–water partition coefficient (Wildman–Crippen LogP) is 7.39. The summed E-state index contributed by atoms with van der Waals surface area (Å²) < 4.78 is 47.1. The van der Waals surface area contributed by atoms with Gasteiger partial charge in [-0.25, -0.2) is 4.79 Å². The number of terminal acetylenes is 1. The summed E-state index contributed by atoms with van der Waals surface area (Å²) in [5.41, 5.74) is -0.868. The second-order valence-corrected chi connectivity index (χ2v) is 10.1. The molecule has 0 bridgehead atoms. The molecule has 7 heteroatoms. The van der Waals surface area contributed by atoms with Gasteiger partial charge in [-0.1, -0.05) is 60.5 Å². The Morgan fingerprint density at radius 2 is 1.32 bits per heavy atom. The van der Waals surface area contributed by atoms with E-state index in [1.807, 2.05) is 66.7 Å². The number of halogens is 3. The zero-order valence-electron chi connectivity index (χ0n) is 19.7. The summed E-state index contributed by atoms with van der Waals surface area (Å²) >= 11 is 0. The molecule has 4 aromatic carbocycles. The van der Waals surface area contributed by atoms with Crippen molar-refractivity contribution in [2.45, 2.75) is 33.6 Å². The Morgan fingerprint density at radius 1 is 0.784 bits per heavy atom. The summed E-state index contributed by atoms with van der Waals surface area (Å²) in [5, 5.41) is 0. The lowest BCUT2D eigenvalue weighted by Crippen LogP contribution is -2.27. The molecule has 0 heterocycles. The molecule has 4 aromatic rings. The fraction of sp³-hybridized carbons (Fsp3) is 0.100. The highest BCUT2D eigenvalue weighted by Crippen LogP contribution is 2.33. The van der Waals surface area contributed by atoms with Crippen molar-refractivity contribution in [1.82, 2.24) is 0 Å². The molecule has 186 valence electrons. The smallest absolute Gasteiger partial charge is 0.438 e. The van der Waals surface area contributed by atoms with E-state index >= 15 is 0 Å². The van der Waals surface area contributed by atoms with Crippen LogP contribution in [0.3, 0.4) is 0 Å². The summed E-state index contributed by atoms with van der Waals surface area (Å²) in [4.78, 5) is 16.3. The van der Waals surface area contributed by atoms with E-state index in [1.165, 1.54) is 19.1 Å². The number of hydrogen-bond acceptors (Lipinski definition) is 3. The van der Waals surface area contributed by atoms with E-state index in [-0.39, 0.29) is 0 Å². The van der Waals surface area contributed by atoms with Gasteiger partial charge in [-0.2, -0.15) is 0 Å². The van der Waals surface area contributed by atoms with Gasteiger partial charge in [0.25, 0.3) is 0 Å². The maximum Gasteiger partial charge on any atom is 0.573 e. The van der Waals surface area contributed by atoms with Crippen LogP contribution < -0.4 is 4.74 Å². The van der Waals surface area contributed by atoms with Crippen molar-refractivity contribution >= 4 is 16.9 Å². The van der Waals surface area contributed by atoms with Gasteiger partial charge in [0.2, 0.25) is 0 Å². The average Bonchev–Trinajstić information content (AvgIpc) is 2.90. The first-order valence-corrected chi connectivity index (χ1v) is 12.4. The lowest BCUT2D eigenvalue weighted by molar-refractivity contribution is -0.274. The number of hydrogen-bond donors (Lipinski definition) is 0. The molecular formula is C30H22F3O3S+. The normalized spacial score (nSPS) is 12.9. The van der Waals surface area contributed by atoms with Gasteiger partial charge in [0, 0.05) is 11.6 Å². The highest BCUT2D eigenvalue weighted by Gasteiger charge is 2.34. The van der Waals surface area contributed by atoms with Crippen LogP contribution in [0.1, 0.15) is 22.8 Å². The third-order valence-corrected chi connectivity index (χ3v) is 7.69. The van der Waals surface area contributed by atoms with Crippen LogP contribution in [-0.4, -0.2) is 12.3 Å². The molecule has 0 spiro atoms. The van der Waals surface area contributed by atoms with Crippen molar-refractivity contribution in [2.75, 3.05) is 0 Å². The standard InChI is InChI=1S/C30H22F3O3S/c1-3-29(2,23-17-19-24(20-18-23)35-30(31,32)33)36-28(34)22-11-10-16-27(21-22)37(25-12-6-4-7-13-25)26-14-8-5-9-15-26/h1,4-21H,2H3/q+1. The fourth-order valence-corrected chi connectivity index (χ4v) is 5.80. The highest BCUT2D eigenvalue weighted by atomic mass is 32.2. The van der Waals surface area contributed by atoms with Crippen molar-refractivity contribution in [3.05, 3.63) is 120 Å². The van der Waals surface area contributed by atoms with Crippen LogP contribution in [-0.2, 0) is 21.2 Å². The monoisotopic (exact) mass is 519 g/mol. The van der Waals surface area contributed by atoms with Gasteiger partial charge in [-0.05, 0) is 55.5 Å². The second kappa shape index (κ2) is 10.9. The molecule has 0 aliphatic heterocycles. The lowest BCUT2D eigenvalue weighted by atomic mass is 9.96. The average molecular weight is 520 g/mol. The Bertz CT molecular complexity index is 1360.